The van der Waals surface area contributed by atoms with Crippen LogP contribution in [0.2, 0.25) is 0 Å². The summed E-state index contributed by atoms with van der Waals surface area (Å²) in [6, 6.07) is 16.3. The Labute approximate surface area is 192 Å². The number of thiocarbonyl (C=S) groups is 1. The molecule has 1 fully saturated rings. The SMILES string of the molecule is CN(C)CCCN1C(=S)N[C@H](c2ccccn2)[C@H]1c1cccn1-c1cccc([N+](=O)[O-])c1. The van der Waals surface area contributed by atoms with Crippen molar-refractivity contribution in [1.29, 1.82) is 0 Å². The van der Waals surface area contributed by atoms with Gasteiger partial charge in [0.1, 0.15) is 0 Å². The largest absolute Gasteiger partial charge is 0.352 e. The van der Waals surface area contributed by atoms with Gasteiger partial charge in [0.25, 0.3) is 5.69 Å². The van der Waals surface area contributed by atoms with Crippen LogP contribution in [-0.2, 0) is 0 Å². The Kier molecular flexibility index (Phi) is 6.48. The highest BCUT2D eigenvalue weighted by molar-refractivity contribution is 7.80. The van der Waals surface area contributed by atoms with Gasteiger partial charge in [-0.05, 0) is 69.6 Å². The van der Waals surface area contributed by atoms with E-state index in [2.05, 4.69) is 34.2 Å². The van der Waals surface area contributed by atoms with E-state index in [4.69, 9.17) is 12.2 Å². The standard InChI is InChI=1S/C23H26N6O2S/c1-26(2)13-7-15-28-22(21(25-23(28)32)19-10-3-4-12-24-19)20-11-6-14-27(20)17-8-5-9-18(16-17)29(30)31/h3-6,8-12,14,16,21-22H,7,13,15H2,1-2H3,(H,25,32)/t21-,22-/m1/s1. The van der Waals surface area contributed by atoms with E-state index in [-0.39, 0.29) is 22.7 Å². The lowest BCUT2D eigenvalue weighted by atomic mass is 10.0. The molecule has 2 atom stereocenters. The van der Waals surface area contributed by atoms with E-state index in [1.54, 1.807) is 18.3 Å². The molecule has 3 heterocycles. The zero-order valence-electron chi connectivity index (χ0n) is 18.1. The van der Waals surface area contributed by atoms with E-state index < -0.39 is 0 Å². The van der Waals surface area contributed by atoms with Gasteiger partial charge in [0.05, 0.1) is 28.4 Å². The maximum Gasteiger partial charge on any atom is 0.271 e. The molecule has 2 aromatic heterocycles. The Morgan fingerprint density at radius 1 is 1.19 bits per heavy atom. The lowest BCUT2D eigenvalue weighted by Crippen LogP contribution is -2.33. The maximum atomic E-state index is 11.3. The number of nitro benzene ring substituents is 1. The second-order valence-electron chi connectivity index (χ2n) is 8.06. The number of hydrogen-bond donors (Lipinski definition) is 1. The fourth-order valence-electron chi connectivity index (χ4n) is 4.15. The Hall–Kier alpha value is -3.30. The third-order valence-corrected chi connectivity index (χ3v) is 5.96. The van der Waals surface area contributed by atoms with Crippen molar-refractivity contribution in [2.45, 2.75) is 18.5 Å². The van der Waals surface area contributed by atoms with E-state index in [1.807, 2.05) is 47.2 Å². The summed E-state index contributed by atoms with van der Waals surface area (Å²) in [5.74, 6) is 0. The number of benzene rings is 1. The molecule has 0 aliphatic carbocycles. The van der Waals surface area contributed by atoms with Crippen LogP contribution in [0.25, 0.3) is 5.69 Å². The Bertz CT molecular complexity index is 1100. The van der Waals surface area contributed by atoms with Crippen LogP contribution in [0.3, 0.4) is 0 Å². The van der Waals surface area contributed by atoms with Gasteiger partial charge in [-0.15, -0.1) is 0 Å². The van der Waals surface area contributed by atoms with Crippen LogP contribution >= 0.6 is 12.2 Å². The molecule has 166 valence electrons. The highest BCUT2D eigenvalue weighted by Crippen LogP contribution is 2.39. The summed E-state index contributed by atoms with van der Waals surface area (Å²) < 4.78 is 2.00. The van der Waals surface area contributed by atoms with E-state index >= 15 is 0 Å². The molecule has 1 N–H and O–H groups in total. The van der Waals surface area contributed by atoms with Crippen LogP contribution in [-0.4, -0.2) is 56.6 Å². The van der Waals surface area contributed by atoms with Crippen molar-refractivity contribution in [2.24, 2.45) is 0 Å². The lowest BCUT2D eigenvalue weighted by molar-refractivity contribution is -0.384. The Morgan fingerprint density at radius 3 is 2.75 bits per heavy atom. The smallest absolute Gasteiger partial charge is 0.271 e. The highest BCUT2D eigenvalue weighted by Gasteiger charge is 2.41. The van der Waals surface area contributed by atoms with Gasteiger partial charge in [0.15, 0.2) is 5.11 Å². The fourth-order valence-corrected chi connectivity index (χ4v) is 4.48. The van der Waals surface area contributed by atoms with Crippen molar-refractivity contribution in [3.63, 3.8) is 0 Å². The molecule has 1 aromatic carbocycles. The van der Waals surface area contributed by atoms with Crippen molar-refractivity contribution in [3.05, 3.63) is 88.5 Å². The zero-order chi connectivity index (χ0) is 22.7. The molecule has 0 spiro atoms. The molecule has 0 saturated carbocycles. The van der Waals surface area contributed by atoms with Crippen LogP contribution in [0, 0.1) is 10.1 Å². The second kappa shape index (κ2) is 9.46. The normalized spacial score (nSPS) is 18.2. The average molecular weight is 451 g/mol. The highest BCUT2D eigenvalue weighted by atomic mass is 32.1. The third-order valence-electron chi connectivity index (χ3n) is 5.60. The molecule has 1 saturated heterocycles. The number of nitro groups is 1. The van der Waals surface area contributed by atoms with E-state index in [9.17, 15) is 10.1 Å². The van der Waals surface area contributed by atoms with Gasteiger partial charge >= 0.3 is 0 Å². The predicted octanol–water partition coefficient (Wildman–Crippen LogP) is 3.70. The molecular weight excluding hydrogens is 424 g/mol. The molecule has 0 bridgehead atoms. The minimum Gasteiger partial charge on any atom is -0.352 e. The van der Waals surface area contributed by atoms with Gasteiger partial charge in [0, 0.05) is 36.8 Å². The fraction of sp³-hybridized carbons (Fsp3) is 0.304. The number of rotatable bonds is 8. The molecule has 0 unspecified atom stereocenters. The summed E-state index contributed by atoms with van der Waals surface area (Å²) in [7, 11) is 4.12. The van der Waals surface area contributed by atoms with E-state index in [0.29, 0.717) is 5.11 Å². The molecule has 32 heavy (non-hydrogen) atoms. The first-order valence-corrected chi connectivity index (χ1v) is 10.9. The topological polar surface area (TPSA) is 79.5 Å². The lowest BCUT2D eigenvalue weighted by Gasteiger charge is -2.29. The number of aromatic nitrogens is 2. The van der Waals surface area contributed by atoms with Gasteiger partial charge < -0.3 is 19.7 Å². The first-order valence-electron chi connectivity index (χ1n) is 10.5. The number of nitrogens with zero attached hydrogens (tertiary/aromatic N) is 5. The third kappa shape index (κ3) is 4.49. The summed E-state index contributed by atoms with van der Waals surface area (Å²) in [6.45, 7) is 1.74. The van der Waals surface area contributed by atoms with Gasteiger partial charge in [-0.25, -0.2) is 0 Å². The summed E-state index contributed by atoms with van der Waals surface area (Å²) in [5, 5.41) is 15.5. The van der Waals surface area contributed by atoms with Crippen LogP contribution in [0.15, 0.2) is 67.0 Å². The van der Waals surface area contributed by atoms with E-state index in [1.165, 1.54) is 6.07 Å². The monoisotopic (exact) mass is 450 g/mol. The zero-order valence-corrected chi connectivity index (χ0v) is 18.9. The first kappa shape index (κ1) is 21.9. The Balaban J connectivity index is 1.75. The number of hydrogen-bond acceptors (Lipinski definition) is 5. The van der Waals surface area contributed by atoms with Crippen molar-refractivity contribution in [3.8, 4) is 5.69 Å². The second-order valence-corrected chi connectivity index (χ2v) is 8.44. The minimum absolute atomic E-state index is 0.0614. The van der Waals surface area contributed by atoms with Crippen molar-refractivity contribution < 1.29 is 4.92 Å². The molecule has 9 heteroatoms. The summed E-state index contributed by atoms with van der Waals surface area (Å²) >= 11 is 5.74. The predicted molar refractivity (Wildman–Crippen MR) is 128 cm³/mol. The van der Waals surface area contributed by atoms with Gasteiger partial charge in [-0.1, -0.05) is 12.1 Å². The Morgan fingerprint density at radius 2 is 2.03 bits per heavy atom. The first-order chi connectivity index (χ1) is 15.5. The van der Waals surface area contributed by atoms with Crippen molar-refractivity contribution in [2.75, 3.05) is 27.2 Å². The van der Waals surface area contributed by atoms with Gasteiger partial charge in [-0.3, -0.25) is 15.1 Å². The van der Waals surface area contributed by atoms with Crippen LogP contribution in [0.5, 0.6) is 0 Å². The van der Waals surface area contributed by atoms with Crippen LogP contribution in [0.1, 0.15) is 29.9 Å². The number of non-ortho nitro benzene ring substituents is 1. The summed E-state index contributed by atoms with van der Waals surface area (Å²) in [6.07, 6.45) is 4.67. The van der Waals surface area contributed by atoms with E-state index in [0.717, 1.165) is 36.6 Å². The number of nitrogens with one attached hydrogen (secondary N) is 1. The van der Waals surface area contributed by atoms with Crippen molar-refractivity contribution >= 4 is 23.0 Å². The minimum atomic E-state index is -0.372. The molecular formula is C23H26N6O2S. The van der Waals surface area contributed by atoms with Gasteiger partial charge in [-0.2, -0.15) is 0 Å². The summed E-state index contributed by atoms with van der Waals surface area (Å²) in [5.41, 5.74) is 2.71. The quantitative estimate of drug-likeness (QED) is 0.318. The molecule has 0 amide bonds. The molecule has 4 rings (SSSR count). The van der Waals surface area contributed by atoms with Gasteiger partial charge in [0.2, 0.25) is 0 Å². The summed E-state index contributed by atoms with van der Waals surface area (Å²) in [4.78, 5) is 19.9. The van der Waals surface area contributed by atoms with Crippen LogP contribution < -0.4 is 5.32 Å². The number of pyridine rings is 1. The average Bonchev–Trinajstić information content (AvgIpc) is 3.39. The maximum absolute atomic E-state index is 11.3. The molecule has 8 nitrogen and oxygen atoms in total. The molecule has 3 aromatic rings. The van der Waals surface area contributed by atoms with Crippen LogP contribution in [0.4, 0.5) is 5.69 Å². The van der Waals surface area contributed by atoms with Crippen molar-refractivity contribution in [1.82, 2.24) is 24.7 Å². The molecule has 1 aliphatic heterocycles. The molecule has 1 aliphatic rings. The molecule has 0 radical (unpaired) electrons.